The van der Waals surface area contributed by atoms with Crippen LogP contribution in [-0.2, 0) is 6.54 Å². The van der Waals surface area contributed by atoms with E-state index < -0.39 is 0 Å². The van der Waals surface area contributed by atoms with Crippen molar-refractivity contribution in [3.8, 4) is 0 Å². The van der Waals surface area contributed by atoms with E-state index in [1.165, 1.54) is 15.6 Å². The van der Waals surface area contributed by atoms with E-state index in [1.54, 1.807) is 0 Å². The minimum absolute atomic E-state index is 0.924. The molecule has 0 radical (unpaired) electrons. The molecule has 0 bridgehead atoms. The summed E-state index contributed by atoms with van der Waals surface area (Å²) in [5, 5.41) is 3.17. The molecule has 1 heterocycles. The molecule has 0 aromatic heterocycles. The molecular weight excluding hydrogens is 202 g/mol. The van der Waals surface area contributed by atoms with E-state index in [0.29, 0.717) is 0 Å². The van der Waals surface area contributed by atoms with Gasteiger partial charge in [0.25, 0.3) is 0 Å². The second kappa shape index (κ2) is 2.70. The Hall–Kier alpha value is -0.760. The van der Waals surface area contributed by atoms with Crippen molar-refractivity contribution in [3.05, 3.63) is 40.0 Å². The molecule has 2 heteroatoms. The molecule has 0 atom stereocenters. The Bertz CT molecular complexity index is 304. The quantitative estimate of drug-likeness (QED) is 0.693. The zero-order valence-electron chi connectivity index (χ0n) is 5.97. The van der Waals surface area contributed by atoms with E-state index in [0.717, 1.165) is 6.54 Å². The lowest BCUT2D eigenvalue weighted by molar-refractivity contribution is 0.854. The first-order valence-corrected chi connectivity index (χ1v) is 4.34. The third kappa shape index (κ3) is 1.18. The molecule has 2 rings (SSSR count). The molecule has 56 valence electrons. The average Bonchev–Trinajstić information content (AvgIpc) is 2.06. The van der Waals surface area contributed by atoms with Crippen LogP contribution < -0.4 is 5.32 Å². The highest BCUT2D eigenvalue weighted by molar-refractivity contribution is 9.10. The van der Waals surface area contributed by atoms with Crippen LogP contribution in [0.15, 0.2) is 28.9 Å². The molecule has 0 spiro atoms. The zero-order chi connectivity index (χ0) is 7.68. The van der Waals surface area contributed by atoms with Crippen LogP contribution in [-0.4, -0.2) is 0 Å². The second-order valence-corrected chi connectivity index (χ2v) is 3.38. The molecule has 0 saturated heterocycles. The normalized spacial score (nSPS) is 13.9. The van der Waals surface area contributed by atoms with Gasteiger partial charge in [-0.15, -0.1) is 0 Å². The van der Waals surface area contributed by atoms with Gasteiger partial charge < -0.3 is 5.32 Å². The number of fused-ring (bicyclic) bond motifs is 1. The predicted molar refractivity (Wildman–Crippen MR) is 50.0 cm³/mol. The Labute approximate surface area is 74.2 Å². The van der Waals surface area contributed by atoms with E-state index >= 15 is 0 Å². The minimum Gasteiger partial charge on any atom is -0.387 e. The SMILES string of the molecule is Brc1cccc2c1CNC=C2. The van der Waals surface area contributed by atoms with E-state index in [9.17, 15) is 0 Å². The summed E-state index contributed by atoms with van der Waals surface area (Å²) < 4.78 is 1.19. The number of halogens is 1. The highest BCUT2D eigenvalue weighted by Crippen LogP contribution is 2.23. The van der Waals surface area contributed by atoms with Crippen LogP contribution in [0.5, 0.6) is 0 Å². The van der Waals surface area contributed by atoms with Gasteiger partial charge in [-0.25, -0.2) is 0 Å². The molecule has 0 unspecified atom stereocenters. The van der Waals surface area contributed by atoms with Crippen LogP contribution in [0, 0.1) is 0 Å². The van der Waals surface area contributed by atoms with Crippen molar-refractivity contribution in [1.29, 1.82) is 0 Å². The number of nitrogens with one attached hydrogen (secondary N) is 1. The largest absolute Gasteiger partial charge is 0.387 e. The first-order chi connectivity index (χ1) is 5.38. The van der Waals surface area contributed by atoms with Crippen LogP contribution >= 0.6 is 15.9 Å². The number of hydrogen-bond acceptors (Lipinski definition) is 1. The molecule has 0 amide bonds. The van der Waals surface area contributed by atoms with Crippen LogP contribution in [0.2, 0.25) is 0 Å². The van der Waals surface area contributed by atoms with Gasteiger partial charge >= 0.3 is 0 Å². The molecule has 0 saturated carbocycles. The summed E-state index contributed by atoms with van der Waals surface area (Å²) in [6, 6.07) is 6.25. The Morgan fingerprint density at radius 1 is 1.36 bits per heavy atom. The molecular formula is C9H8BrN. The highest BCUT2D eigenvalue weighted by atomic mass is 79.9. The van der Waals surface area contributed by atoms with Crippen molar-refractivity contribution < 1.29 is 0 Å². The van der Waals surface area contributed by atoms with Crippen molar-refractivity contribution in [2.24, 2.45) is 0 Å². The maximum Gasteiger partial charge on any atom is 0.0412 e. The fourth-order valence-electron chi connectivity index (χ4n) is 1.23. The number of rotatable bonds is 0. The predicted octanol–water partition coefficient (Wildman–Crippen LogP) is 2.52. The monoisotopic (exact) mass is 209 g/mol. The average molecular weight is 210 g/mol. The van der Waals surface area contributed by atoms with E-state index in [1.807, 2.05) is 6.20 Å². The van der Waals surface area contributed by atoms with Crippen LogP contribution in [0.3, 0.4) is 0 Å². The summed E-state index contributed by atoms with van der Waals surface area (Å²) in [5.74, 6) is 0. The maximum atomic E-state index is 3.51. The first-order valence-electron chi connectivity index (χ1n) is 3.55. The Morgan fingerprint density at radius 2 is 2.27 bits per heavy atom. The molecule has 0 aliphatic carbocycles. The van der Waals surface area contributed by atoms with Gasteiger partial charge in [0.15, 0.2) is 0 Å². The van der Waals surface area contributed by atoms with E-state index in [4.69, 9.17) is 0 Å². The van der Waals surface area contributed by atoms with Crippen LogP contribution in [0.25, 0.3) is 6.08 Å². The summed E-state index contributed by atoms with van der Waals surface area (Å²) in [5.41, 5.74) is 2.65. The summed E-state index contributed by atoms with van der Waals surface area (Å²) >= 11 is 3.51. The zero-order valence-corrected chi connectivity index (χ0v) is 7.56. The van der Waals surface area contributed by atoms with Gasteiger partial charge in [-0.05, 0) is 29.5 Å². The lowest BCUT2D eigenvalue weighted by atomic mass is 10.1. The third-order valence-corrected chi connectivity index (χ3v) is 2.56. The second-order valence-electron chi connectivity index (χ2n) is 2.52. The fourth-order valence-corrected chi connectivity index (χ4v) is 1.75. The van der Waals surface area contributed by atoms with E-state index in [-0.39, 0.29) is 0 Å². The summed E-state index contributed by atoms with van der Waals surface area (Å²) in [6.07, 6.45) is 4.07. The number of hydrogen-bond donors (Lipinski definition) is 1. The van der Waals surface area contributed by atoms with Crippen molar-refractivity contribution in [3.63, 3.8) is 0 Å². The summed E-state index contributed by atoms with van der Waals surface area (Å²) in [6.45, 7) is 0.924. The molecule has 1 aliphatic rings. The van der Waals surface area contributed by atoms with Gasteiger partial charge in [0, 0.05) is 11.0 Å². The molecule has 0 fully saturated rings. The molecule has 1 aromatic rings. The van der Waals surface area contributed by atoms with Gasteiger partial charge in [-0.3, -0.25) is 0 Å². The number of benzene rings is 1. The van der Waals surface area contributed by atoms with Gasteiger partial charge in [-0.1, -0.05) is 28.1 Å². The maximum absolute atomic E-state index is 3.51. The van der Waals surface area contributed by atoms with Gasteiger partial charge in [0.1, 0.15) is 0 Å². The van der Waals surface area contributed by atoms with Crippen molar-refractivity contribution in [1.82, 2.24) is 5.32 Å². The third-order valence-electron chi connectivity index (χ3n) is 1.81. The van der Waals surface area contributed by atoms with Crippen LogP contribution in [0.4, 0.5) is 0 Å². The smallest absolute Gasteiger partial charge is 0.0412 e. The van der Waals surface area contributed by atoms with Gasteiger partial charge in [0.2, 0.25) is 0 Å². The van der Waals surface area contributed by atoms with Crippen molar-refractivity contribution in [2.75, 3.05) is 0 Å². The first kappa shape index (κ1) is 6.92. The van der Waals surface area contributed by atoms with Crippen LogP contribution in [0.1, 0.15) is 11.1 Å². The summed E-state index contributed by atoms with van der Waals surface area (Å²) in [7, 11) is 0. The topological polar surface area (TPSA) is 12.0 Å². The molecule has 11 heavy (non-hydrogen) atoms. The van der Waals surface area contributed by atoms with Gasteiger partial charge in [-0.2, -0.15) is 0 Å². The molecule has 1 N–H and O–H groups in total. The lowest BCUT2D eigenvalue weighted by Gasteiger charge is -2.12. The molecule has 1 aromatic carbocycles. The van der Waals surface area contributed by atoms with Crippen molar-refractivity contribution >= 4 is 22.0 Å². The van der Waals surface area contributed by atoms with E-state index in [2.05, 4.69) is 45.5 Å². The fraction of sp³-hybridized carbons (Fsp3) is 0.111. The lowest BCUT2D eigenvalue weighted by Crippen LogP contribution is -2.10. The molecule has 1 aliphatic heterocycles. The molecule has 1 nitrogen and oxygen atoms in total. The standard InChI is InChI=1S/C9H8BrN/c10-9-3-1-2-7-4-5-11-6-8(7)9/h1-5,11H,6H2. The van der Waals surface area contributed by atoms with Gasteiger partial charge in [0.05, 0.1) is 0 Å². The summed E-state index contributed by atoms with van der Waals surface area (Å²) in [4.78, 5) is 0. The Morgan fingerprint density at radius 3 is 3.09 bits per heavy atom. The highest BCUT2D eigenvalue weighted by Gasteiger charge is 2.05. The Kier molecular flexibility index (Phi) is 1.70. The minimum atomic E-state index is 0.924. The van der Waals surface area contributed by atoms with Crippen molar-refractivity contribution in [2.45, 2.75) is 6.54 Å². The Balaban J connectivity index is 2.60.